The van der Waals surface area contributed by atoms with Crippen molar-refractivity contribution < 1.29 is 14.1 Å². The van der Waals surface area contributed by atoms with Crippen LogP contribution in [-0.2, 0) is 35.5 Å². The molecule has 0 saturated carbocycles. The molecule has 2 aromatic heterocycles. The SMILES string of the molecule is CCOC(=O)c1c2c(nn1C)C1(C)Cc3cnoc3C(C)(C)C1CC2. The molecule has 2 aromatic rings. The van der Waals surface area contributed by atoms with Gasteiger partial charge in [0.2, 0.25) is 0 Å². The number of nitrogens with zero attached hydrogens (tertiary/aromatic N) is 3. The van der Waals surface area contributed by atoms with E-state index in [1.807, 2.05) is 20.2 Å². The molecule has 0 spiro atoms. The van der Waals surface area contributed by atoms with Gasteiger partial charge in [-0.15, -0.1) is 0 Å². The monoisotopic (exact) mass is 343 g/mol. The van der Waals surface area contributed by atoms with Crippen molar-refractivity contribution in [2.45, 2.75) is 57.8 Å². The molecule has 2 unspecified atom stereocenters. The minimum atomic E-state index is -0.276. The molecule has 2 heterocycles. The maximum Gasteiger partial charge on any atom is 0.356 e. The maximum absolute atomic E-state index is 12.4. The zero-order chi connectivity index (χ0) is 18.0. The van der Waals surface area contributed by atoms with Gasteiger partial charge in [0.15, 0.2) is 0 Å². The molecule has 134 valence electrons. The van der Waals surface area contributed by atoms with Gasteiger partial charge in [0.25, 0.3) is 0 Å². The molecule has 0 radical (unpaired) electrons. The fraction of sp³-hybridized carbons (Fsp3) is 0.632. The lowest BCUT2D eigenvalue weighted by atomic mass is 9.51. The highest BCUT2D eigenvalue weighted by Gasteiger charge is 2.56. The molecule has 6 heteroatoms. The Morgan fingerprint density at radius 1 is 1.44 bits per heavy atom. The third-order valence-corrected chi connectivity index (χ3v) is 6.27. The topological polar surface area (TPSA) is 70.2 Å². The minimum Gasteiger partial charge on any atom is -0.461 e. The van der Waals surface area contributed by atoms with Crippen molar-refractivity contribution in [2.24, 2.45) is 13.0 Å². The number of aryl methyl sites for hydroxylation is 1. The highest BCUT2D eigenvalue weighted by molar-refractivity contribution is 5.89. The molecular formula is C19H25N3O3. The number of fused-ring (bicyclic) bond motifs is 4. The van der Waals surface area contributed by atoms with Gasteiger partial charge < -0.3 is 9.26 Å². The van der Waals surface area contributed by atoms with Gasteiger partial charge in [-0.1, -0.05) is 25.9 Å². The van der Waals surface area contributed by atoms with Crippen molar-refractivity contribution in [3.63, 3.8) is 0 Å². The zero-order valence-corrected chi connectivity index (χ0v) is 15.5. The van der Waals surface area contributed by atoms with Gasteiger partial charge in [-0.05, 0) is 32.1 Å². The molecule has 0 saturated heterocycles. The lowest BCUT2D eigenvalue weighted by Crippen LogP contribution is -2.51. The Balaban J connectivity index is 1.87. The molecule has 2 aliphatic rings. The van der Waals surface area contributed by atoms with Crippen LogP contribution < -0.4 is 0 Å². The van der Waals surface area contributed by atoms with E-state index in [1.54, 1.807) is 4.68 Å². The largest absolute Gasteiger partial charge is 0.461 e. The summed E-state index contributed by atoms with van der Waals surface area (Å²) in [5.41, 5.74) is 3.59. The second kappa shape index (κ2) is 5.19. The molecule has 0 N–H and O–H groups in total. The highest BCUT2D eigenvalue weighted by Crippen LogP contribution is 2.56. The van der Waals surface area contributed by atoms with E-state index in [2.05, 4.69) is 25.9 Å². The van der Waals surface area contributed by atoms with Crippen molar-refractivity contribution in [3.8, 4) is 0 Å². The summed E-state index contributed by atoms with van der Waals surface area (Å²) in [6.45, 7) is 8.94. The first kappa shape index (κ1) is 16.4. The number of aromatic nitrogens is 3. The molecule has 25 heavy (non-hydrogen) atoms. The van der Waals surface area contributed by atoms with Gasteiger partial charge >= 0.3 is 5.97 Å². The number of carbonyl (C=O) groups is 1. The van der Waals surface area contributed by atoms with Crippen LogP contribution in [0.3, 0.4) is 0 Å². The molecule has 2 atom stereocenters. The van der Waals surface area contributed by atoms with Crippen LogP contribution in [0.25, 0.3) is 0 Å². The summed E-state index contributed by atoms with van der Waals surface area (Å²) < 4.78 is 12.6. The highest BCUT2D eigenvalue weighted by atomic mass is 16.5. The Morgan fingerprint density at radius 3 is 2.92 bits per heavy atom. The van der Waals surface area contributed by atoms with Gasteiger partial charge in [0.05, 0.1) is 18.5 Å². The van der Waals surface area contributed by atoms with Gasteiger partial charge in [0.1, 0.15) is 11.5 Å². The normalized spacial score (nSPS) is 26.5. The fourth-order valence-corrected chi connectivity index (χ4v) is 5.33. The number of hydrogen-bond donors (Lipinski definition) is 0. The summed E-state index contributed by atoms with van der Waals surface area (Å²) in [5, 5.41) is 8.84. The van der Waals surface area contributed by atoms with Crippen molar-refractivity contribution in [1.29, 1.82) is 0 Å². The van der Waals surface area contributed by atoms with Gasteiger partial charge in [-0.25, -0.2) is 4.79 Å². The molecule has 6 nitrogen and oxygen atoms in total. The summed E-state index contributed by atoms with van der Waals surface area (Å²) in [5.74, 6) is 1.11. The van der Waals surface area contributed by atoms with Crippen LogP contribution in [0.2, 0.25) is 0 Å². The molecule has 4 rings (SSSR count). The van der Waals surface area contributed by atoms with Crippen LogP contribution in [0.1, 0.15) is 67.2 Å². The number of hydrogen-bond acceptors (Lipinski definition) is 5. The molecule has 2 aliphatic carbocycles. The molecule has 0 aliphatic heterocycles. The molecule has 0 aromatic carbocycles. The van der Waals surface area contributed by atoms with Crippen LogP contribution in [0, 0.1) is 5.92 Å². The number of ether oxygens (including phenoxy) is 1. The van der Waals surface area contributed by atoms with E-state index < -0.39 is 0 Å². The third-order valence-electron chi connectivity index (χ3n) is 6.27. The summed E-state index contributed by atoms with van der Waals surface area (Å²) in [4.78, 5) is 12.4. The van der Waals surface area contributed by atoms with Gasteiger partial charge in [-0.2, -0.15) is 5.10 Å². The molecule has 0 fully saturated rings. The molecule has 0 bridgehead atoms. The summed E-state index contributed by atoms with van der Waals surface area (Å²) in [7, 11) is 1.84. The Bertz CT molecular complexity index is 848. The van der Waals surface area contributed by atoms with Crippen molar-refractivity contribution >= 4 is 5.97 Å². The van der Waals surface area contributed by atoms with E-state index in [-0.39, 0.29) is 16.8 Å². The van der Waals surface area contributed by atoms with Crippen LogP contribution in [0.4, 0.5) is 0 Å². The van der Waals surface area contributed by atoms with Crippen LogP contribution in [0.15, 0.2) is 10.7 Å². The van der Waals surface area contributed by atoms with E-state index in [9.17, 15) is 4.79 Å². The maximum atomic E-state index is 12.4. The summed E-state index contributed by atoms with van der Waals surface area (Å²) in [6, 6.07) is 0. The standard InChI is InChI=1S/C19H25N3O3/c1-6-24-17(23)14-12-7-8-13-18(2,3)16-11(10-20-25-16)9-19(13,4)15(12)21-22(14)5/h10,13H,6-9H2,1-5H3. The minimum absolute atomic E-state index is 0.113. The second-order valence-electron chi connectivity index (χ2n) is 8.11. The van der Waals surface area contributed by atoms with Crippen LogP contribution in [-0.4, -0.2) is 27.5 Å². The average molecular weight is 343 g/mol. The lowest BCUT2D eigenvalue weighted by Gasteiger charge is -2.51. The fourth-order valence-electron chi connectivity index (χ4n) is 5.33. The third kappa shape index (κ3) is 2.06. The molecular weight excluding hydrogens is 318 g/mol. The smallest absolute Gasteiger partial charge is 0.356 e. The quantitative estimate of drug-likeness (QED) is 0.784. The Labute approximate surface area is 147 Å². The predicted molar refractivity (Wildman–Crippen MR) is 91.6 cm³/mol. The van der Waals surface area contributed by atoms with E-state index in [1.165, 1.54) is 0 Å². The van der Waals surface area contributed by atoms with Crippen molar-refractivity contribution in [2.75, 3.05) is 6.61 Å². The number of rotatable bonds is 2. The van der Waals surface area contributed by atoms with Crippen LogP contribution in [0.5, 0.6) is 0 Å². The lowest BCUT2D eigenvalue weighted by molar-refractivity contribution is 0.0511. The summed E-state index contributed by atoms with van der Waals surface area (Å²) in [6.07, 6.45) is 4.51. The first-order valence-corrected chi connectivity index (χ1v) is 8.98. The van der Waals surface area contributed by atoms with E-state index >= 15 is 0 Å². The predicted octanol–water partition coefficient (Wildman–Crippen LogP) is 2.94. The van der Waals surface area contributed by atoms with E-state index in [4.69, 9.17) is 14.4 Å². The van der Waals surface area contributed by atoms with Gasteiger partial charge in [0, 0.05) is 29.0 Å². The Morgan fingerprint density at radius 2 is 2.20 bits per heavy atom. The average Bonchev–Trinajstić information content (AvgIpc) is 3.11. The number of carbonyl (C=O) groups excluding carboxylic acids is 1. The van der Waals surface area contributed by atoms with E-state index in [0.717, 1.165) is 41.8 Å². The zero-order valence-electron chi connectivity index (χ0n) is 15.5. The second-order valence-corrected chi connectivity index (χ2v) is 8.11. The van der Waals surface area contributed by atoms with Crippen LogP contribution >= 0.6 is 0 Å². The van der Waals surface area contributed by atoms with Gasteiger partial charge in [-0.3, -0.25) is 4.68 Å². The number of esters is 1. The van der Waals surface area contributed by atoms with Crippen molar-refractivity contribution in [1.82, 2.24) is 14.9 Å². The summed E-state index contributed by atoms with van der Waals surface area (Å²) >= 11 is 0. The first-order chi connectivity index (χ1) is 11.8. The van der Waals surface area contributed by atoms with E-state index in [0.29, 0.717) is 18.2 Å². The Hall–Kier alpha value is -2.11. The molecule has 0 amide bonds. The Kier molecular flexibility index (Phi) is 3.40. The van der Waals surface area contributed by atoms with Crippen molar-refractivity contribution in [3.05, 3.63) is 34.5 Å². The first-order valence-electron chi connectivity index (χ1n) is 8.98.